The van der Waals surface area contributed by atoms with Crippen LogP contribution in [-0.4, -0.2) is 37.9 Å². The van der Waals surface area contributed by atoms with Gasteiger partial charge < -0.3 is 5.32 Å². The van der Waals surface area contributed by atoms with Gasteiger partial charge in [0.1, 0.15) is 0 Å². The maximum atomic E-state index is 13.1. The number of nitrogens with one attached hydrogen (secondary N) is 1. The van der Waals surface area contributed by atoms with Crippen LogP contribution in [0.3, 0.4) is 0 Å². The molecule has 6 heteroatoms. The molecule has 1 N–H and O–H groups in total. The molecule has 0 spiro atoms. The van der Waals surface area contributed by atoms with Gasteiger partial charge in [-0.2, -0.15) is 9.57 Å². The molecule has 3 aromatic rings. The molecule has 31 heavy (non-hydrogen) atoms. The van der Waals surface area contributed by atoms with Crippen LogP contribution in [-0.2, 0) is 10.0 Å². The van der Waals surface area contributed by atoms with Crippen molar-refractivity contribution in [2.45, 2.75) is 29.8 Å². The second-order valence-electron chi connectivity index (χ2n) is 8.36. The van der Waals surface area contributed by atoms with Crippen molar-refractivity contribution in [3.63, 3.8) is 0 Å². The Hall–Kier alpha value is -2.98. The van der Waals surface area contributed by atoms with Gasteiger partial charge in [0.25, 0.3) is 0 Å². The summed E-state index contributed by atoms with van der Waals surface area (Å²) in [7, 11) is -3.48. The number of hydrogen-bond donors (Lipinski definition) is 1. The average Bonchev–Trinajstić information content (AvgIpc) is 2.79. The quantitative estimate of drug-likeness (QED) is 0.687. The number of nitrogens with zero attached hydrogens (tertiary/aromatic N) is 2. The highest BCUT2D eigenvalue weighted by Crippen LogP contribution is 2.39. The molecule has 3 saturated heterocycles. The van der Waals surface area contributed by atoms with Gasteiger partial charge in [-0.25, -0.2) is 8.42 Å². The summed E-state index contributed by atoms with van der Waals surface area (Å²) in [5.74, 6) is 0.309. The molecule has 5 nitrogen and oxygen atoms in total. The summed E-state index contributed by atoms with van der Waals surface area (Å²) in [6, 6.07) is 25.5. The number of benzene rings is 3. The Labute approximate surface area is 183 Å². The van der Waals surface area contributed by atoms with Crippen LogP contribution in [0.2, 0.25) is 0 Å². The third kappa shape index (κ3) is 3.55. The number of sulfonamides is 1. The van der Waals surface area contributed by atoms with Crippen molar-refractivity contribution < 1.29 is 8.42 Å². The highest BCUT2D eigenvalue weighted by Gasteiger charge is 2.49. The molecule has 3 aliphatic rings. The van der Waals surface area contributed by atoms with E-state index in [0.29, 0.717) is 29.5 Å². The topological polar surface area (TPSA) is 73.2 Å². The van der Waals surface area contributed by atoms with E-state index < -0.39 is 10.0 Å². The lowest BCUT2D eigenvalue weighted by Crippen LogP contribution is -2.72. The minimum atomic E-state index is -3.48. The Morgan fingerprint density at radius 1 is 0.935 bits per heavy atom. The van der Waals surface area contributed by atoms with Crippen molar-refractivity contribution in [3.8, 4) is 17.2 Å². The van der Waals surface area contributed by atoms with Crippen LogP contribution >= 0.6 is 0 Å². The first-order valence-electron chi connectivity index (χ1n) is 10.4. The Morgan fingerprint density at radius 2 is 1.65 bits per heavy atom. The van der Waals surface area contributed by atoms with Crippen LogP contribution in [0.25, 0.3) is 11.1 Å². The molecule has 3 heterocycles. The maximum Gasteiger partial charge on any atom is 0.243 e. The van der Waals surface area contributed by atoms with Gasteiger partial charge in [0.15, 0.2) is 0 Å². The fraction of sp³-hybridized carbons (Fsp3) is 0.240. The standard InChI is InChI=1S/C25H23N3O2S/c1-17-4-2-7-22(12-17)31(29,30)28-15-23-25(24(16-28)27-23)20-10-8-19(9-11-20)21-6-3-5-18(13-21)14-26/h2-13,23-25,27H,15-16H2,1H3/t23-,24+,25?. The molecule has 2 bridgehead atoms. The number of aryl methyl sites for hydroxylation is 1. The second-order valence-corrected chi connectivity index (χ2v) is 10.3. The van der Waals surface area contributed by atoms with Crippen LogP contribution in [0.4, 0.5) is 0 Å². The van der Waals surface area contributed by atoms with Crippen LogP contribution in [0.15, 0.2) is 77.7 Å². The molecule has 3 fully saturated rings. The molecule has 3 aromatic carbocycles. The summed E-state index contributed by atoms with van der Waals surface area (Å²) < 4.78 is 27.8. The van der Waals surface area contributed by atoms with Crippen molar-refractivity contribution in [1.82, 2.24) is 9.62 Å². The number of fused-ring (bicyclic) bond motifs is 2. The monoisotopic (exact) mass is 429 g/mol. The van der Waals surface area contributed by atoms with Crippen molar-refractivity contribution in [2.24, 2.45) is 0 Å². The lowest BCUT2D eigenvalue weighted by atomic mass is 9.75. The predicted octanol–water partition coefficient (Wildman–Crippen LogP) is 3.66. The van der Waals surface area contributed by atoms with Crippen LogP contribution in [0.1, 0.15) is 22.6 Å². The number of rotatable bonds is 4. The molecule has 156 valence electrons. The molecule has 0 amide bonds. The van der Waals surface area contributed by atoms with Gasteiger partial charge in [0.05, 0.1) is 16.5 Å². The van der Waals surface area contributed by atoms with E-state index in [1.165, 1.54) is 5.56 Å². The molecule has 6 rings (SSSR count). The summed E-state index contributed by atoms with van der Waals surface area (Å²) in [6.07, 6.45) is 0. The number of hydrogen-bond acceptors (Lipinski definition) is 4. The van der Waals surface area contributed by atoms with Gasteiger partial charge in [-0.15, -0.1) is 0 Å². The van der Waals surface area contributed by atoms with Crippen molar-refractivity contribution in [2.75, 3.05) is 13.1 Å². The molecule has 3 atom stereocenters. The van der Waals surface area contributed by atoms with E-state index in [1.54, 1.807) is 28.6 Å². The Balaban J connectivity index is 1.33. The van der Waals surface area contributed by atoms with Crippen LogP contribution < -0.4 is 5.32 Å². The summed E-state index contributed by atoms with van der Waals surface area (Å²) in [4.78, 5) is 0.370. The molecular formula is C25H23N3O2S. The van der Waals surface area contributed by atoms with Gasteiger partial charge >= 0.3 is 0 Å². The third-order valence-corrected chi connectivity index (χ3v) is 8.17. The third-order valence-electron chi connectivity index (χ3n) is 6.34. The summed E-state index contributed by atoms with van der Waals surface area (Å²) in [5.41, 5.74) is 4.91. The van der Waals surface area contributed by atoms with E-state index >= 15 is 0 Å². The van der Waals surface area contributed by atoms with Gasteiger partial charge in [0.2, 0.25) is 10.0 Å². The second kappa shape index (κ2) is 7.61. The van der Waals surface area contributed by atoms with Crippen molar-refractivity contribution in [3.05, 3.63) is 89.5 Å². The molecule has 1 unspecified atom stereocenters. The summed E-state index contributed by atoms with van der Waals surface area (Å²) in [6.45, 7) is 2.86. The lowest BCUT2D eigenvalue weighted by Gasteiger charge is -2.54. The van der Waals surface area contributed by atoms with Crippen molar-refractivity contribution in [1.29, 1.82) is 5.26 Å². The SMILES string of the molecule is Cc1cccc(S(=O)(=O)N2C[C@@H]3N[C@H](C2)C3c2ccc(-c3cccc(C#N)c3)cc2)c1. The van der Waals surface area contributed by atoms with Crippen molar-refractivity contribution >= 4 is 10.0 Å². The van der Waals surface area contributed by atoms with E-state index in [2.05, 4.69) is 35.7 Å². The van der Waals surface area contributed by atoms with Gasteiger partial charge in [-0.3, -0.25) is 0 Å². The van der Waals surface area contributed by atoms with Gasteiger partial charge in [-0.05, 0) is 53.4 Å². The fourth-order valence-corrected chi connectivity index (χ4v) is 6.34. The Bertz CT molecular complexity index is 1270. The Morgan fingerprint density at radius 3 is 2.32 bits per heavy atom. The zero-order chi connectivity index (χ0) is 21.6. The number of nitriles is 1. The maximum absolute atomic E-state index is 13.1. The summed E-state index contributed by atoms with van der Waals surface area (Å²) in [5, 5.41) is 12.6. The van der Waals surface area contributed by atoms with E-state index in [9.17, 15) is 8.42 Å². The van der Waals surface area contributed by atoms with Gasteiger partial charge in [-0.1, -0.05) is 48.5 Å². The first kappa shape index (κ1) is 20.0. The zero-order valence-corrected chi connectivity index (χ0v) is 18.0. The smallest absolute Gasteiger partial charge is 0.243 e. The van der Waals surface area contributed by atoms with E-state index in [1.807, 2.05) is 31.2 Å². The first-order valence-corrected chi connectivity index (χ1v) is 11.8. The highest BCUT2D eigenvalue weighted by atomic mass is 32.2. The van der Waals surface area contributed by atoms with Crippen LogP contribution in [0.5, 0.6) is 0 Å². The predicted molar refractivity (Wildman–Crippen MR) is 120 cm³/mol. The van der Waals surface area contributed by atoms with E-state index in [-0.39, 0.29) is 12.1 Å². The lowest BCUT2D eigenvalue weighted by molar-refractivity contribution is 0.102. The number of piperidine rings is 1. The number of piperazine rings is 1. The first-order chi connectivity index (χ1) is 15.0. The molecule has 0 aliphatic carbocycles. The Kier molecular flexibility index (Phi) is 4.90. The normalized spacial score (nSPS) is 23.0. The van der Waals surface area contributed by atoms with Gasteiger partial charge in [0, 0.05) is 31.1 Å². The molecule has 0 radical (unpaired) electrons. The fourth-order valence-electron chi connectivity index (χ4n) is 4.74. The minimum absolute atomic E-state index is 0.117. The molecule has 0 saturated carbocycles. The molecular weight excluding hydrogens is 406 g/mol. The highest BCUT2D eigenvalue weighted by molar-refractivity contribution is 7.89. The summed E-state index contributed by atoms with van der Waals surface area (Å²) >= 11 is 0. The zero-order valence-electron chi connectivity index (χ0n) is 17.2. The van der Waals surface area contributed by atoms with E-state index in [0.717, 1.165) is 16.7 Å². The molecule has 3 aliphatic heterocycles. The van der Waals surface area contributed by atoms with Crippen LogP contribution in [0, 0.1) is 18.3 Å². The molecule has 0 aromatic heterocycles. The largest absolute Gasteiger partial charge is 0.307 e. The van der Waals surface area contributed by atoms with E-state index in [4.69, 9.17) is 5.26 Å². The minimum Gasteiger partial charge on any atom is -0.307 e. The average molecular weight is 430 g/mol.